The first-order valence-electron chi connectivity index (χ1n) is 5.40. The van der Waals surface area contributed by atoms with E-state index in [-0.39, 0.29) is 0 Å². The molecule has 2 aliphatic heterocycles. The fourth-order valence-electron chi connectivity index (χ4n) is 1.87. The molecular weight excluding hydrogens is 176 g/mol. The SMILES string of the molecule is CC1=CCN(C(=O)CC2CNC2)CC1. The van der Waals surface area contributed by atoms with Gasteiger partial charge in [0.2, 0.25) is 5.91 Å². The van der Waals surface area contributed by atoms with E-state index in [1.165, 1.54) is 5.57 Å². The number of carbonyl (C=O) groups is 1. The lowest BCUT2D eigenvalue weighted by Crippen LogP contribution is -2.45. The van der Waals surface area contributed by atoms with Gasteiger partial charge in [0.15, 0.2) is 0 Å². The van der Waals surface area contributed by atoms with Crippen LogP contribution >= 0.6 is 0 Å². The molecule has 2 aliphatic rings. The second kappa shape index (κ2) is 4.13. The molecule has 1 N–H and O–H groups in total. The van der Waals surface area contributed by atoms with E-state index in [1.54, 1.807) is 0 Å². The minimum atomic E-state index is 0.334. The summed E-state index contributed by atoms with van der Waals surface area (Å²) in [6.07, 6.45) is 3.95. The van der Waals surface area contributed by atoms with Crippen molar-refractivity contribution in [3.63, 3.8) is 0 Å². The summed E-state index contributed by atoms with van der Waals surface area (Å²) >= 11 is 0. The van der Waals surface area contributed by atoms with Crippen LogP contribution in [0.3, 0.4) is 0 Å². The van der Waals surface area contributed by atoms with Crippen LogP contribution < -0.4 is 5.32 Å². The lowest BCUT2D eigenvalue weighted by molar-refractivity contribution is -0.132. The molecule has 2 rings (SSSR count). The van der Waals surface area contributed by atoms with Crippen LogP contribution in [0.15, 0.2) is 11.6 Å². The first kappa shape index (κ1) is 9.71. The normalized spacial score (nSPS) is 22.9. The second-order valence-electron chi connectivity index (χ2n) is 4.37. The third-order valence-electron chi connectivity index (χ3n) is 3.12. The molecule has 1 saturated heterocycles. The van der Waals surface area contributed by atoms with Gasteiger partial charge in [-0.1, -0.05) is 11.6 Å². The van der Waals surface area contributed by atoms with E-state index >= 15 is 0 Å². The van der Waals surface area contributed by atoms with E-state index < -0.39 is 0 Å². The fourth-order valence-corrected chi connectivity index (χ4v) is 1.87. The zero-order chi connectivity index (χ0) is 9.97. The average Bonchev–Trinajstić information content (AvgIpc) is 2.12. The highest BCUT2D eigenvalue weighted by Crippen LogP contribution is 2.14. The number of rotatable bonds is 2. The maximum absolute atomic E-state index is 11.8. The minimum absolute atomic E-state index is 0.334. The summed E-state index contributed by atoms with van der Waals surface area (Å²) in [6.45, 7) is 5.92. The molecule has 0 aromatic carbocycles. The maximum atomic E-state index is 11.8. The van der Waals surface area contributed by atoms with Crippen molar-refractivity contribution < 1.29 is 4.79 Å². The minimum Gasteiger partial charge on any atom is -0.339 e. The molecular formula is C11H18N2O. The summed E-state index contributed by atoms with van der Waals surface area (Å²) < 4.78 is 0. The van der Waals surface area contributed by atoms with Gasteiger partial charge in [-0.2, -0.15) is 0 Å². The second-order valence-corrected chi connectivity index (χ2v) is 4.37. The molecule has 0 aliphatic carbocycles. The Labute approximate surface area is 85.2 Å². The van der Waals surface area contributed by atoms with Gasteiger partial charge < -0.3 is 10.2 Å². The van der Waals surface area contributed by atoms with Gasteiger partial charge in [-0.3, -0.25) is 4.79 Å². The summed E-state index contributed by atoms with van der Waals surface area (Å²) in [7, 11) is 0. The van der Waals surface area contributed by atoms with Crippen LogP contribution in [0.5, 0.6) is 0 Å². The number of amides is 1. The summed E-state index contributed by atoms with van der Waals surface area (Å²) in [6, 6.07) is 0. The third-order valence-corrected chi connectivity index (χ3v) is 3.12. The molecule has 2 heterocycles. The summed E-state index contributed by atoms with van der Waals surface area (Å²) in [5.41, 5.74) is 1.42. The van der Waals surface area contributed by atoms with E-state index in [2.05, 4.69) is 18.3 Å². The highest BCUT2D eigenvalue weighted by molar-refractivity contribution is 5.77. The molecule has 14 heavy (non-hydrogen) atoms. The van der Waals surface area contributed by atoms with Gasteiger partial charge in [-0.25, -0.2) is 0 Å². The lowest BCUT2D eigenvalue weighted by atomic mass is 9.98. The van der Waals surface area contributed by atoms with Crippen molar-refractivity contribution in [2.75, 3.05) is 26.2 Å². The smallest absolute Gasteiger partial charge is 0.223 e. The Hall–Kier alpha value is -0.830. The molecule has 0 atom stereocenters. The molecule has 0 spiro atoms. The molecule has 3 heteroatoms. The predicted octanol–water partition coefficient (Wildman–Crippen LogP) is 0.774. The number of hydrogen-bond donors (Lipinski definition) is 1. The van der Waals surface area contributed by atoms with Crippen molar-refractivity contribution in [2.45, 2.75) is 19.8 Å². The third kappa shape index (κ3) is 2.15. The Morgan fingerprint density at radius 2 is 2.43 bits per heavy atom. The summed E-state index contributed by atoms with van der Waals surface area (Å²) in [5.74, 6) is 0.926. The van der Waals surface area contributed by atoms with Crippen molar-refractivity contribution >= 4 is 5.91 Å². The lowest BCUT2D eigenvalue weighted by Gasteiger charge is -2.31. The van der Waals surface area contributed by atoms with Crippen molar-refractivity contribution in [2.24, 2.45) is 5.92 Å². The average molecular weight is 194 g/mol. The van der Waals surface area contributed by atoms with Crippen LogP contribution in [0, 0.1) is 5.92 Å². The molecule has 1 fully saturated rings. The van der Waals surface area contributed by atoms with Crippen LogP contribution in [0.2, 0.25) is 0 Å². The largest absolute Gasteiger partial charge is 0.339 e. The van der Waals surface area contributed by atoms with Gasteiger partial charge in [0.1, 0.15) is 0 Å². The Morgan fingerprint density at radius 3 is 2.93 bits per heavy atom. The van der Waals surface area contributed by atoms with Crippen LogP contribution in [0.25, 0.3) is 0 Å². The van der Waals surface area contributed by atoms with E-state index in [0.29, 0.717) is 11.8 Å². The molecule has 78 valence electrons. The topological polar surface area (TPSA) is 32.3 Å². The Balaban J connectivity index is 1.80. The van der Waals surface area contributed by atoms with Gasteiger partial charge in [-0.05, 0) is 32.4 Å². The van der Waals surface area contributed by atoms with E-state index in [0.717, 1.165) is 39.0 Å². The van der Waals surface area contributed by atoms with Crippen molar-refractivity contribution in [1.29, 1.82) is 0 Å². The van der Waals surface area contributed by atoms with Crippen molar-refractivity contribution in [3.8, 4) is 0 Å². The first-order chi connectivity index (χ1) is 6.75. The molecule has 3 nitrogen and oxygen atoms in total. The Morgan fingerprint density at radius 1 is 1.64 bits per heavy atom. The fraction of sp³-hybridized carbons (Fsp3) is 0.727. The molecule has 0 aromatic rings. The molecule has 0 radical (unpaired) electrons. The number of nitrogens with one attached hydrogen (secondary N) is 1. The van der Waals surface area contributed by atoms with Crippen molar-refractivity contribution in [3.05, 3.63) is 11.6 Å². The van der Waals surface area contributed by atoms with Crippen LogP contribution in [0.1, 0.15) is 19.8 Å². The zero-order valence-electron chi connectivity index (χ0n) is 8.75. The monoisotopic (exact) mass is 194 g/mol. The van der Waals surface area contributed by atoms with E-state index in [1.807, 2.05) is 4.90 Å². The number of carbonyl (C=O) groups excluding carboxylic acids is 1. The molecule has 0 unspecified atom stereocenters. The first-order valence-corrected chi connectivity index (χ1v) is 5.40. The molecule has 1 amide bonds. The molecule has 0 aromatic heterocycles. The zero-order valence-corrected chi connectivity index (χ0v) is 8.75. The van der Waals surface area contributed by atoms with Crippen LogP contribution in [0.4, 0.5) is 0 Å². The number of hydrogen-bond acceptors (Lipinski definition) is 2. The van der Waals surface area contributed by atoms with E-state index in [4.69, 9.17) is 0 Å². The summed E-state index contributed by atoms with van der Waals surface area (Å²) in [5, 5.41) is 3.19. The Bertz CT molecular complexity index is 256. The van der Waals surface area contributed by atoms with Gasteiger partial charge in [0, 0.05) is 19.5 Å². The molecule has 0 bridgehead atoms. The Kier molecular flexibility index (Phi) is 2.87. The number of nitrogens with zero attached hydrogens (tertiary/aromatic N) is 1. The van der Waals surface area contributed by atoms with E-state index in [9.17, 15) is 4.79 Å². The standard InChI is InChI=1S/C11H18N2O/c1-9-2-4-13(5-3-9)11(14)6-10-7-12-8-10/h2,10,12H,3-8H2,1H3. The predicted molar refractivity (Wildman–Crippen MR) is 55.9 cm³/mol. The highest BCUT2D eigenvalue weighted by atomic mass is 16.2. The van der Waals surface area contributed by atoms with Gasteiger partial charge in [0.05, 0.1) is 0 Å². The van der Waals surface area contributed by atoms with Gasteiger partial charge >= 0.3 is 0 Å². The van der Waals surface area contributed by atoms with Gasteiger partial charge in [0.25, 0.3) is 0 Å². The van der Waals surface area contributed by atoms with Crippen LogP contribution in [-0.4, -0.2) is 37.0 Å². The quantitative estimate of drug-likeness (QED) is 0.659. The van der Waals surface area contributed by atoms with Crippen molar-refractivity contribution in [1.82, 2.24) is 10.2 Å². The summed E-state index contributed by atoms with van der Waals surface area (Å²) in [4.78, 5) is 13.8. The highest BCUT2D eigenvalue weighted by Gasteiger charge is 2.23. The van der Waals surface area contributed by atoms with Gasteiger partial charge in [-0.15, -0.1) is 0 Å². The molecule has 0 saturated carbocycles. The van der Waals surface area contributed by atoms with Crippen LogP contribution in [-0.2, 0) is 4.79 Å². The maximum Gasteiger partial charge on any atom is 0.223 e.